The van der Waals surface area contributed by atoms with Crippen LogP contribution in [-0.2, 0) is 9.59 Å². The molecule has 1 aliphatic heterocycles. The van der Waals surface area contributed by atoms with Crippen molar-refractivity contribution in [2.45, 2.75) is 31.6 Å². The number of anilines is 1. The van der Waals surface area contributed by atoms with Crippen LogP contribution in [0.5, 0.6) is 0 Å². The van der Waals surface area contributed by atoms with Crippen LogP contribution in [0.1, 0.15) is 30.7 Å². The molecule has 3 rings (SSSR count). The van der Waals surface area contributed by atoms with Crippen molar-refractivity contribution in [3.63, 3.8) is 0 Å². The third-order valence-electron chi connectivity index (χ3n) is 5.54. The normalized spacial score (nSPS) is 18.3. The summed E-state index contributed by atoms with van der Waals surface area (Å²) in [6.07, 6.45) is 0.894. The van der Waals surface area contributed by atoms with Gasteiger partial charge in [-0.15, -0.1) is 11.8 Å². The third kappa shape index (κ3) is 7.36. The first-order valence-corrected chi connectivity index (χ1v) is 12.1. The molecule has 0 unspecified atom stereocenters. The maximum atomic E-state index is 12.2. The highest BCUT2D eigenvalue weighted by Crippen LogP contribution is 2.24. The van der Waals surface area contributed by atoms with E-state index in [-0.39, 0.29) is 22.8 Å². The summed E-state index contributed by atoms with van der Waals surface area (Å²) in [6, 6.07) is 12.7. The van der Waals surface area contributed by atoms with Crippen molar-refractivity contribution in [1.29, 1.82) is 0 Å². The molecule has 0 radical (unpaired) electrons. The van der Waals surface area contributed by atoms with Gasteiger partial charge in [-0.25, -0.2) is 0 Å². The SMILES string of the molecule is Cc1cc(NC(=O)[C@H](C)SCC(=O)NCCCN2CCN(C)C[C@H]2c2ccccc2)no1. The largest absolute Gasteiger partial charge is 0.360 e. The Balaban J connectivity index is 1.35. The number of rotatable bonds is 10. The smallest absolute Gasteiger partial charge is 0.238 e. The van der Waals surface area contributed by atoms with Crippen molar-refractivity contribution >= 4 is 29.4 Å². The van der Waals surface area contributed by atoms with Crippen molar-refractivity contribution in [2.24, 2.45) is 0 Å². The molecule has 1 aliphatic rings. The van der Waals surface area contributed by atoms with Gasteiger partial charge >= 0.3 is 0 Å². The van der Waals surface area contributed by atoms with Gasteiger partial charge in [0.25, 0.3) is 0 Å². The fourth-order valence-corrected chi connectivity index (χ4v) is 4.42. The maximum absolute atomic E-state index is 12.2. The summed E-state index contributed by atoms with van der Waals surface area (Å²) in [5, 5.41) is 9.05. The lowest BCUT2D eigenvalue weighted by atomic mass is 10.0. The van der Waals surface area contributed by atoms with E-state index in [0.717, 1.165) is 32.6 Å². The summed E-state index contributed by atoms with van der Waals surface area (Å²) in [5.74, 6) is 1.02. The molecule has 2 amide bonds. The van der Waals surface area contributed by atoms with Gasteiger partial charge in [0.2, 0.25) is 11.8 Å². The van der Waals surface area contributed by atoms with Gasteiger partial charge in [0.05, 0.1) is 11.0 Å². The quantitative estimate of drug-likeness (QED) is 0.528. The number of nitrogens with one attached hydrogen (secondary N) is 2. The Kier molecular flexibility index (Phi) is 9.13. The number of aromatic nitrogens is 1. The van der Waals surface area contributed by atoms with E-state index < -0.39 is 0 Å². The zero-order valence-electron chi connectivity index (χ0n) is 19.0. The van der Waals surface area contributed by atoms with E-state index in [9.17, 15) is 9.59 Å². The lowest BCUT2D eigenvalue weighted by Crippen LogP contribution is -2.47. The maximum Gasteiger partial charge on any atom is 0.238 e. The first kappa shape index (κ1) is 24.3. The number of carbonyl (C=O) groups excluding carboxylic acids is 2. The summed E-state index contributed by atoms with van der Waals surface area (Å²) < 4.78 is 4.94. The van der Waals surface area contributed by atoms with Gasteiger partial charge in [-0.1, -0.05) is 35.5 Å². The summed E-state index contributed by atoms with van der Waals surface area (Å²) in [7, 11) is 2.17. The number of benzene rings is 1. The van der Waals surface area contributed by atoms with Gasteiger partial charge in [-0.2, -0.15) is 0 Å². The van der Waals surface area contributed by atoms with Gasteiger partial charge in [-0.3, -0.25) is 14.5 Å². The molecule has 1 aromatic heterocycles. The lowest BCUT2D eigenvalue weighted by Gasteiger charge is -2.40. The van der Waals surface area contributed by atoms with Crippen molar-refractivity contribution in [3.05, 3.63) is 47.7 Å². The summed E-state index contributed by atoms with van der Waals surface area (Å²) in [4.78, 5) is 29.3. The Hall–Kier alpha value is -2.36. The number of piperazine rings is 1. The molecule has 1 saturated heterocycles. The number of thioether (sulfide) groups is 1. The predicted molar refractivity (Wildman–Crippen MR) is 128 cm³/mol. The second-order valence-electron chi connectivity index (χ2n) is 8.19. The van der Waals surface area contributed by atoms with E-state index >= 15 is 0 Å². The number of hydrogen-bond acceptors (Lipinski definition) is 7. The molecule has 1 aromatic carbocycles. The topological polar surface area (TPSA) is 90.7 Å². The van der Waals surface area contributed by atoms with Crippen LogP contribution >= 0.6 is 11.8 Å². The summed E-state index contributed by atoms with van der Waals surface area (Å²) >= 11 is 1.30. The number of nitrogens with zero attached hydrogens (tertiary/aromatic N) is 3. The molecule has 9 heteroatoms. The predicted octanol–water partition coefficient (Wildman–Crippen LogP) is 2.54. The number of aryl methyl sites for hydroxylation is 1. The Bertz CT molecular complexity index is 876. The van der Waals surface area contributed by atoms with Crippen molar-refractivity contribution < 1.29 is 14.1 Å². The van der Waals surface area contributed by atoms with Crippen LogP contribution in [0.4, 0.5) is 5.82 Å². The second kappa shape index (κ2) is 12.0. The minimum absolute atomic E-state index is 0.0510. The van der Waals surface area contributed by atoms with E-state index in [1.165, 1.54) is 17.3 Å². The Morgan fingerprint density at radius 2 is 2.06 bits per heavy atom. The molecule has 32 heavy (non-hydrogen) atoms. The number of carbonyl (C=O) groups is 2. The van der Waals surface area contributed by atoms with E-state index in [2.05, 4.69) is 56.9 Å². The molecule has 0 spiro atoms. The minimum atomic E-state index is -0.366. The molecular weight excluding hydrogens is 426 g/mol. The van der Waals surface area contributed by atoms with Crippen LogP contribution in [0.25, 0.3) is 0 Å². The molecule has 2 N–H and O–H groups in total. The van der Waals surface area contributed by atoms with E-state index in [0.29, 0.717) is 24.2 Å². The zero-order chi connectivity index (χ0) is 22.9. The second-order valence-corrected chi connectivity index (χ2v) is 9.52. The Morgan fingerprint density at radius 1 is 1.28 bits per heavy atom. The molecule has 1 fully saturated rings. The standard InChI is InChI=1S/C23H33N5O3S/c1-17-14-21(26-31-17)25-23(30)18(2)32-16-22(29)24-10-7-11-28-13-12-27(3)15-20(28)19-8-5-4-6-9-19/h4-6,8-9,14,18,20H,7,10-13,15-16H2,1-3H3,(H,24,29)(H,25,26,30)/t18-,20-/m0/s1. The third-order valence-corrected chi connectivity index (χ3v) is 6.68. The van der Waals surface area contributed by atoms with Gasteiger partial charge in [0.15, 0.2) is 5.82 Å². The number of amides is 2. The van der Waals surface area contributed by atoms with Crippen molar-refractivity contribution in [1.82, 2.24) is 20.3 Å². The lowest BCUT2D eigenvalue weighted by molar-refractivity contribution is -0.118. The highest BCUT2D eigenvalue weighted by Gasteiger charge is 2.26. The van der Waals surface area contributed by atoms with Crippen molar-refractivity contribution in [3.8, 4) is 0 Å². The molecule has 2 atom stereocenters. The fraction of sp³-hybridized carbons (Fsp3) is 0.522. The van der Waals surface area contributed by atoms with E-state index in [1.54, 1.807) is 19.9 Å². The van der Waals surface area contributed by atoms with Crippen LogP contribution in [0, 0.1) is 6.92 Å². The zero-order valence-corrected chi connectivity index (χ0v) is 19.9. The highest BCUT2D eigenvalue weighted by atomic mass is 32.2. The van der Waals surface area contributed by atoms with Gasteiger partial charge in [-0.05, 0) is 32.9 Å². The first-order chi connectivity index (χ1) is 15.4. The molecule has 174 valence electrons. The Labute approximate surface area is 194 Å². The van der Waals surface area contributed by atoms with Crippen LogP contribution in [0.3, 0.4) is 0 Å². The van der Waals surface area contributed by atoms with Gasteiger partial charge in [0.1, 0.15) is 5.76 Å². The number of likely N-dealkylation sites (N-methyl/N-ethyl adjacent to an activating group) is 1. The average molecular weight is 460 g/mol. The molecule has 8 nitrogen and oxygen atoms in total. The highest BCUT2D eigenvalue weighted by molar-refractivity contribution is 8.01. The average Bonchev–Trinajstić information content (AvgIpc) is 3.20. The number of hydrogen-bond donors (Lipinski definition) is 2. The fourth-order valence-electron chi connectivity index (χ4n) is 3.71. The molecular formula is C23H33N5O3S. The van der Waals surface area contributed by atoms with E-state index in [1.807, 2.05) is 6.07 Å². The molecule has 0 bridgehead atoms. The van der Waals surface area contributed by atoms with Crippen LogP contribution in [-0.4, -0.2) is 77.5 Å². The summed E-state index contributed by atoms with van der Waals surface area (Å²) in [5.41, 5.74) is 1.34. The van der Waals surface area contributed by atoms with Gasteiger partial charge in [0, 0.05) is 44.8 Å². The van der Waals surface area contributed by atoms with Crippen LogP contribution in [0.2, 0.25) is 0 Å². The molecule has 2 aromatic rings. The van der Waals surface area contributed by atoms with Gasteiger partial charge < -0.3 is 20.1 Å². The summed E-state index contributed by atoms with van der Waals surface area (Å²) in [6.45, 7) is 8.20. The molecule has 2 heterocycles. The van der Waals surface area contributed by atoms with Crippen molar-refractivity contribution in [2.75, 3.05) is 50.8 Å². The minimum Gasteiger partial charge on any atom is -0.360 e. The monoisotopic (exact) mass is 459 g/mol. The Morgan fingerprint density at radius 3 is 2.78 bits per heavy atom. The molecule has 0 saturated carbocycles. The first-order valence-electron chi connectivity index (χ1n) is 11.0. The van der Waals surface area contributed by atoms with Crippen LogP contribution < -0.4 is 10.6 Å². The van der Waals surface area contributed by atoms with E-state index in [4.69, 9.17) is 4.52 Å². The van der Waals surface area contributed by atoms with Crippen LogP contribution in [0.15, 0.2) is 40.9 Å². The molecule has 0 aliphatic carbocycles.